The number of fused-ring (bicyclic) bond motifs is 1. The van der Waals surface area contributed by atoms with Gasteiger partial charge in [0.2, 0.25) is 5.91 Å². The number of aromatic nitrogens is 1. The maximum atomic E-state index is 13.9. The number of benzene rings is 3. The molecule has 5 rings (SSSR count). The van der Waals surface area contributed by atoms with E-state index in [1.165, 1.54) is 0 Å². The van der Waals surface area contributed by atoms with Crippen molar-refractivity contribution in [3.8, 4) is 0 Å². The van der Waals surface area contributed by atoms with Crippen molar-refractivity contribution in [1.82, 2.24) is 15.2 Å². The molecule has 35 heavy (non-hydrogen) atoms. The number of rotatable bonds is 7. The molecule has 1 aromatic heterocycles. The van der Waals surface area contributed by atoms with Crippen LogP contribution in [0.4, 0.5) is 0 Å². The van der Waals surface area contributed by atoms with Gasteiger partial charge in [0.15, 0.2) is 0 Å². The molecule has 176 valence electrons. The fraction of sp³-hybridized carbons (Fsp3) is 0.200. The minimum absolute atomic E-state index is 0.147. The normalized spacial score (nSPS) is 19.2. The Hall–Kier alpha value is -4.12. The van der Waals surface area contributed by atoms with E-state index in [1.807, 2.05) is 92.0 Å². The lowest BCUT2D eigenvalue weighted by Gasteiger charge is -2.39. The molecule has 1 unspecified atom stereocenters. The molecule has 2 amide bonds. The van der Waals surface area contributed by atoms with Gasteiger partial charge in [0, 0.05) is 41.7 Å². The second-order valence-electron chi connectivity index (χ2n) is 9.09. The van der Waals surface area contributed by atoms with Gasteiger partial charge in [0.25, 0.3) is 5.91 Å². The van der Waals surface area contributed by atoms with Gasteiger partial charge in [0.05, 0.1) is 0 Å². The van der Waals surface area contributed by atoms with Gasteiger partial charge in [0.1, 0.15) is 5.54 Å². The molecule has 5 nitrogen and oxygen atoms in total. The molecule has 0 bridgehead atoms. The lowest BCUT2D eigenvalue weighted by molar-refractivity contribution is -0.129. The predicted molar refractivity (Wildman–Crippen MR) is 139 cm³/mol. The molecule has 0 fully saturated rings. The summed E-state index contributed by atoms with van der Waals surface area (Å²) in [5.74, 6) is -0.308. The summed E-state index contributed by atoms with van der Waals surface area (Å²) in [6.07, 6.45) is 6.98. The van der Waals surface area contributed by atoms with Crippen LogP contribution in [0.15, 0.2) is 103 Å². The van der Waals surface area contributed by atoms with Crippen molar-refractivity contribution < 1.29 is 9.59 Å². The number of hydrogen-bond donors (Lipinski definition) is 2. The van der Waals surface area contributed by atoms with Gasteiger partial charge >= 0.3 is 0 Å². The van der Waals surface area contributed by atoms with Crippen molar-refractivity contribution >= 4 is 22.7 Å². The second-order valence-corrected chi connectivity index (χ2v) is 9.09. The molecule has 0 aliphatic carbocycles. The zero-order chi connectivity index (χ0) is 24.3. The highest BCUT2D eigenvalue weighted by molar-refractivity contribution is 6.01. The molecule has 1 aliphatic heterocycles. The van der Waals surface area contributed by atoms with Crippen LogP contribution in [0.25, 0.3) is 10.9 Å². The summed E-state index contributed by atoms with van der Waals surface area (Å²) in [6.45, 7) is 2.44. The fourth-order valence-corrected chi connectivity index (χ4v) is 5.03. The van der Waals surface area contributed by atoms with E-state index >= 15 is 0 Å². The Morgan fingerprint density at radius 2 is 1.63 bits per heavy atom. The van der Waals surface area contributed by atoms with Crippen LogP contribution < -0.4 is 5.32 Å². The van der Waals surface area contributed by atoms with E-state index in [-0.39, 0.29) is 17.9 Å². The highest BCUT2D eigenvalue weighted by atomic mass is 16.2. The number of nitrogens with zero attached hydrogens (tertiary/aromatic N) is 1. The number of H-pyrrole nitrogens is 1. The lowest BCUT2D eigenvalue weighted by atomic mass is 9.88. The van der Waals surface area contributed by atoms with E-state index in [0.717, 1.165) is 22.0 Å². The Labute approximate surface area is 205 Å². The van der Waals surface area contributed by atoms with Gasteiger partial charge in [-0.3, -0.25) is 9.59 Å². The third kappa shape index (κ3) is 4.37. The maximum absolute atomic E-state index is 13.9. The first-order valence-corrected chi connectivity index (χ1v) is 12.0. The van der Waals surface area contributed by atoms with E-state index in [4.69, 9.17) is 0 Å². The van der Waals surface area contributed by atoms with Crippen molar-refractivity contribution in [3.05, 3.63) is 120 Å². The molecule has 4 aromatic rings. The monoisotopic (exact) mass is 463 g/mol. The van der Waals surface area contributed by atoms with E-state index in [0.29, 0.717) is 24.9 Å². The number of carbonyl (C=O) groups is 2. The number of nitrogens with one attached hydrogen (secondary N) is 2. The molecule has 0 saturated heterocycles. The summed E-state index contributed by atoms with van der Waals surface area (Å²) in [5, 5.41) is 4.31. The number of amides is 2. The molecule has 0 saturated carbocycles. The summed E-state index contributed by atoms with van der Waals surface area (Å²) in [5.41, 5.74) is 2.72. The number of aromatic amines is 1. The first-order valence-electron chi connectivity index (χ1n) is 12.0. The smallest absolute Gasteiger partial charge is 0.255 e. The molecular formula is C30H29N3O2. The Morgan fingerprint density at radius 3 is 2.40 bits per heavy atom. The van der Waals surface area contributed by atoms with E-state index in [9.17, 15) is 9.59 Å². The Morgan fingerprint density at radius 1 is 0.943 bits per heavy atom. The van der Waals surface area contributed by atoms with E-state index < -0.39 is 5.54 Å². The molecule has 2 atom stereocenters. The first-order chi connectivity index (χ1) is 17.1. The van der Waals surface area contributed by atoms with Crippen molar-refractivity contribution in [2.45, 2.75) is 31.3 Å². The highest BCUT2D eigenvalue weighted by Gasteiger charge is 2.49. The van der Waals surface area contributed by atoms with Crippen LogP contribution in [-0.2, 0) is 17.6 Å². The maximum Gasteiger partial charge on any atom is 0.255 e. The highest BCUT2D eigenvalue weighted by Crippen LogP contribution is 2.33. The van der Waals surface area contributed by atoms with Gasteiger partial charge < -0.3 is 15.2 Å². The number of para-hydroxylation sites is 1. The summed E-state index contributed by atoms with van der Waals surface area (Å²) >= 11 is 0. The molecular weight excluding hydrogens is 434 g/mol. The van der Waals surface area contributed by atoms with Gasteiger partial charge in [-0.25, -0.2) is 0 Å². The third-order valence-corrected chi connectivity index (χ3v) is 6.79. The van der Waals surface area contributed by atoms with Crippen molar-refractivity contribution in [3.63, 3.8) is 0 Å². The second kappa shape index (κ2) is 9.63. The molecule has 2 heterocycles. The van der Waals surface area contributed by atoms with E-state index in [2.05, 4.69) is 16.4 Å². The minimum atomic E-state index is -1.10. The Bertz CT molecular complexity index is 1360. The Balaban J connectivity index is 1.42. The van der Waals surface area contributed by atoms with Crippen LogP contribution >= 0.6 is 0 Å². The molecule has 1 aliphatic rings. The molecule has 5 heteroatoms. The summed E-state index contributed by atoms with van der Waals surface area (Å²) in [4.78, 5) is 32.6. The first kappa shape index (κ1) is 22.7. The SMILES string of the molecule is CC1C=C[C@](Cc2ccccc2)(C(=O)NCCc2c[nH]c3ccccc23)N1C(=O)c1ccccc1. The summed E-state index contributed by atoms with van der Waals surface area (Å²) < 4.78 is 0. The van der Waals surface area contributed by atoms with Crippen LogP contribution in [0.1, 0.15) is 28.4 Å². The molecule has 3 aromatic carbocycles. The van der Waals surface area contributed by atoms with Crippen LogP contribution in [0.5, 0.6) is 0 Å². The fourth-order valence-electron chi connectivity index (χ4n) is 5.03. The van der Waals surface area contributed by atoms with Crippen LogP contribution in [0.2, 0.25) is 0 Å². The molecule has 2 N–H and O–H groups in total. The standard InChI is InChI=1S/C30H29N3O2/c1-22-16-18-30(20-23-10-4-2-5-11-23,33(22)28(34)24-12-6-3-7-13-24)29(35)31-19-17-25-21-32-27-15-9-8-14-26(25)27/h2-16,18,21-22,32H,17,19-20H2,1H3,(H,31,35)/t22?,30-/m0/s1. The predicted octanol–water partition coefficient (Wildman–Crippen LogP) is 4.91. The third-order valence-electron chi connectivity index (χ3n) is 6.79. The zero-order valence-electron chi connectivity index (χ0n) is 19.8. The van der Waals surface area contributed by atoms with Crippen molar-refractivity contribution in [2.75, 3.05) is 6.54 Å². The van der Waals surface area contributed by atoms with E-state index in [1.54, 1.807) is 17.0 Å². The van der Waals surface area contributed by atoms with Crippen LogP contribution in [0, 0.1) is 0 Å². The van der Waals surface area contributed by atoms with Gasteiger partial charge in [-0.2, -0.15) is 0 Å². The average Bonchev–Trinajstić information content (AvgIpc) is 3.46. The number of hydrogen-bond acceptors (Lipinski definition) is 2. The van der Waals surface area contributed by atoms with Crippen LogP contribution in [-0.4, -0.2) is 39.8 Å². The molecule has 0 radical (unpaired) electrons. The molecule has 0 spiro atoms. The quantitative estimate of drug-likeness (QED) is 0.383. The minimum Gasteiger partial charge on any atom is -0.361 e. The largest absolute Gasteiger partial charge is 0.361 e. The Kier molecular flexibility index (Phi) is 6.23. The number of carbonyl (C=O) groups excluding carboxylic acids is 2. The topological polar surface area (TPSA) is 65.2 Å². The van der Waals surface area contributed by atoms with Crippen molar-refractivity contribution in [2.24, 2.45) is 0 Å². The zero-order valence-corrected chi connectivity index (χ0v) is 19.8. The van der Waals surface area contributed by atoms with Crippen LogP contribution in [0.3, 0.4) is 0 Å². The summed E-state index contributed by atoms with van der Waals surface area (Å²) in [6, 6.07) is 27.0. The van der Waals surface area contributed by atoms with Gasteiger partial charge in [-0.15, -0.1) is 0 Å². The van der Waals surface area contributed by atoms with Crippen molar-refractivity contribution in [1.29, 1.82) is 0 Å². The average molecular weight is 464 g/mol. The van der Waals surface area contributed by atoms with Gasteiger partial charge in [-0.05, 0) is 42.7 Å². The van der Waals surface area contributed by atoms with Gasteiger partial charge in [-0.1, -0.05) is 78.9 Å². The summed E-state index contributed by atoms with van der Waals surface area (Å²) in [7, 11) is 0. The lowest BCUT2D eigenvalue weighted by Crippen LogP contribution is -2.60.